The van der Waals surface area contributed by atoms with E-state index in [9.17, 15) is 0 Å². The summed E-state index contributed by atoms with van der Waals surface area (Å²) in [7, 11) is 1.87. The number of benzene rings is 1. The van der Waals surface area contributed by atoms with Gasteiger partial charge in [-0.3, -0.25) is 4.68 Å². The molecule has 0 aliphatic heterocycles. The van der Waals surface area contributed by atoms with Crippen LogP contribution in [0.25, 0.3) is 11.0 Å². The van der Waals surface area contributed by atoms with Crippen molar-refractivity contribution in [1.82, 2.24) is 29.9 Å². The van der Waals surface area contributed by atoms with Crippen molar-refractivity contribution < 1.29 is 0 Å². The highest BCUT2D eigenvalue weighted by Crippen LogP contribution is 2.14. The van der Waals surface area contributed by atoms with Gasteiger partial charge in [-0.15, -0.1) is 5.10 Å². The fraction of sp³-hybridized carbons (Fsp3) is 0.357. The number of aryl methyl sites for hydroxylation is 2. The molecule has 0 aliphatic carbocycles. The second-order valence-corrected chi connectivity index (χ2v) is 4.86. The van der Waals surface area contributed by atoms with Crippen LogP contribution in [-0.4, -0.2) is 31.1 Å². The minimum atomic E-state index is 0.736. The van der Waals surface area contributed by atoms with Gasteiger partial charge in [-0.2, -0.15) is 0 Å². The van der Waals surface area contributed by atoms with Gasteiger partial charge >= 0.3 is 0 Å². The summed E-state index contributed by atoms with van der Waals surface area (Å²) in [4.78, 5) is 4.56. The molecular formula is C14H18N6. The summed E-state index contributed by atoms with van der Waals surface area (Å²) < 4.78 is 3.95. The van der Waals surface area contributed by atoms with E-state index in [0.717, 1.165) is 36.7 Å². The van der Waals surface area contributed by atoms with E-state index in [4.69, 9.17) is 0 Å². The maximum atomic E-state index is 4.56. The fourth-order valence-corrected chi connectivity index (χ4v) is 2.36. The highest BCUT2D eigenvalue weighted by Gasteiger charge is 2.05. The number of nitrogens with one attached hydrogen (secondary N) is 1. The zero-order chi connectivity index (χ0) is 13.9. The Hall–Kier alpha value is -2.21. The summed E-state index contributed by atoms with van der Waals surface area (Å²) in [5.74, 6) is 1.05. The molecule has 6 heteroatoms. The first-order valence-electron chi connectivity index (χ1n) is 6.72. The zero-order valence-corrected chi connectivity index (χ0v) is 11.7. The van der Waals surface area contributed by atoms with Crippen LogP contribution in [0.15, 0.2) is 30.5 Å². The summed E-state index contributed by atoms with van der Waals surface area (Å²) in [6.45, 7) is 4.55. The van der Waals surface area contributed by atoms with Crippen molar-refractivity contribution in [3.63, 3.8) is 0 Å². The number of aromatic nitrogens is 5. The molecule has 0 fully saturated rings. The molecule has 1 aromatic carbocycles. The van der Waals surface area contributed by atoms with E-state index in [2.05, 4.69) is 31.2 Å². The Balaban J connectivity index is 1.61. The van der Waals surface area contributed by atoms with Crippen molar-refractivity contribution in [2.75, 3.05) is 6.54 Å². The molecule has 0 atom stereocenters. The lowest BCUT2D eigenvalue weighted by Gasteiger charge is -2.07. The van der Waals surface area contributed by atoms with Crippen LogP contribution in [0.3, 0.4) is 0 Å². The van der Waals surface area contributed by atoms with Crippen molar-refractivity contribution in [3.8, 4) is 0 Å². The molecule has 104 valence electrons. The van der Waals surface area contributed by atoms with Gasteiger partial charge in [0.2, 0.25) is 0 Å². The number of fused-ring (bicyclic) bond motifs is 1. The van der Waals surface area contributed by atoms with Gasteiger partial charge in [-0.05, 0) is 19.1 Å². The summed E-state index contributed by atoms with van der Waals surface area (Å²) in [5.41, 5.74) is 3.20. The Kier molecular flexibility index (Phi) is 3.47. The van der Waals surface area contributed by atoms with Gasteiger partial charge in [0.05, 0.1) is 16.7 Å². The molecule has 0 aliphatic rings. The predicted molar refractivity (Wildman–Crippen MR) is 77.2 cm³/mol. The number of imidazole rings is 1. The van der Waals surface area contributed by atoms with Crippen LogP contribution in [0.1, 0.15) is 11.5 Å². The molecular weight excluding hydrogens is 252 g/mol. The highest BCUT2D eigenvalue weighted by atomic mass is 15.4. The van der Waals surface area contributed by atoms with E-state index in [0.29, 0.717) is 0 Å². The normalized spacial score (nSPS) is 11.3. The molecule has 3 rings (SSSR count). The monoisotopic (exact) mass is 270 g/mol. The predicted octanol–water partition coefficient (Wildman–Crippen LogP) is 1.26. The van der Waals surface area contributed by atoms with Crippen molar-refractivity contribution in [2.45, 2.75) is 20.0 Å². The molecule has 0 unspecified atom stereocenters. The van der Waals surface area contributed by atoms with Crippen LogP contribution in [0.5, 0.6) is 0 Å². The first-order valence-corrected chi connectivity index (χ1v) is 6.72. The van der Waals surface area contributed by atoms with Crippen LogP contribution >= 0.6 is 0 Å². The average Bonchev–Trinajstić information content (AvgIpc) is 2.98. The van der Waals surface area contributed by atoms with E-state index < -0.39 is 0 Å². The van der Waals surface area contributed by atoms with E-state index in [1.807, 2.05) is 38.4 Å². The van der Waals surface area contributed by atoms with Crippen LogP contribution in [0.4, 0.5) is 0 Å². The maximum Gasteiger partial charge on any atom is 0.106 e. The van der Waals surface area contributed by atoms with E-state index in [1.165, 1.54) is 5.52 Å². The van der Waals surface area contributed by atoms with Crippen molar-refractivity contribution in [1.29, 1.82) is 0 Å². The first-order chi connectivity index (χ1) is 9.74. The molecule has 0 bridgehead atoms. The number of para-hydroxylation sites is 2. The SMILES string of the molecule is Cc1nc2ccccc2n1CCNCc1cn(C)nn1. The maximum absolute atomic E-state index is 4.56. The number of hydrogen-bond acceptors (Lipinski definition) is 4. The number of rotatable bonds is 5. The number of hydrogen-bond donors (Lipinski definition) is 1. The van der Waals surface area contributed by atoms with Gasteiger partial charge in [-0.1, -0.05) is 17.3 Å². The second-order valence-electron chi connectivity index (χ2n) is 4.86. The average molecular weight is 270 g/mol. The molecule has 3 aromatic rings. The Morgan fingerprint density at radius 2 is 2.10 bits per heavy atom. The summed E-state index contributed by atoms with van der Waals surface area (Å²) >= 11 is 0. The lowest BCUT2D eigenvalue weighted by molar-refractivity contribution is 0.591. The summed E-state index contributed by atoms with van der Waals surface area (Å²) in [5, 5.41) is 11.3. The Morgan fingerprint density at radius 3 is 2.90 bits per heavy atom. The van der Waals surface area contributed by atoms with Gasteiger partial charge < -0.3 is 9.88 Å². The van der Waals surface area contributed by atoms with Gasteiger partial charge in [0, 0.05) is 32.9 Å². The molecule has 0 saturated carbocycles. The highest BCUT2D eigenvalue weighted by molar-refractivity contribution is 5.75. The molecule has 1 N–H and O–H groups in total. The lowest BCUT2D eigenvalue weighted by atomic mass is 10.3. The van der Waals surface area contributed by atoms with Gasteiger partial charge in [0.25, 0.3) is 0 Å². The second kappa shape index (κ2) is 5.42. The lowest BCUT2D eigenvalue weighted by Crippen LogP contribution is -2.20. The van der Waals surface area contributed by atoms with E-state index in [-0.39, 0.29) is 0 Å². The molecule has 2 heterocycles. The quantitative estimate of drug-likeness (QED) is 0.709. The Bertz CT molecular complexity index is 711. The topological polar surface area (TPSA) is 60.6 Å². The first kappa shape index (κ1) is 12.8. The van der Waals surface area contributed by atoms with Crippen LogP contribution < -0.4 is 5.32 Å². The van der Waals surface area contributed by atoms with Crippen LogP contribution in [-0.2, 0) is 20.1 Å². The minimum Gasteiger partial charge on any atom is -0.327 e. The fourth-order valence-electron chi connectivity index (χ4n) is 2.36. The van der Waals surface area contributed by atoms with Crippen molar-refractivity contribution in [3.05, 3.63) is 42.0 Å². The minimum absolute atomic E-state index is 0.736. The van der Waals surface area contributed by atoms with Gasteiger partial charge in [0.15, 0.2) is 0 Å². The molecule has 0 amide bonds. The molecule has 2 aromatic heterocycles. The zero-order valence-electron chi connectivity index (χ0n) is 11.7. The van der Waals surface area contributed by atoms with E-state index in [1.54, 1.807) is 4.68 Å². The smallest absolute Gasteiger partial charge is 0.106 e. The van der Waals surface area contributed by atoms with Crippen molar-refractivity contribution >= 4 is 11.0 Å². The summed E-state index contributed by atoms with van der Waals surface area (Å²) in [6, 6.07) is 8.22. The van der Waals surface area contributed by atoms with Gasteiger partial charge in [0.1, 0.15) is 5.82 Å². The van der Waals surface area contributed by atoms with Crippen LogP contribution in [0, 0.1) is 6.92 Å². The van der Waals surface area contributed by atoms with E-state index >= 15 is 0 Å². The standard InChI is InChI=1S/C14H18N6/c1-11-16-13-5-3-4-6-14(13)20(11)8-7-15-9-12-10-19(2)18-17-12/h3-6,10,15H,7-9H2,1-2H3. The summed E-state index contributed by atoms with van der Waals surface area (Å²) in [6.07, 6.45) is 1.92. The molecule has 6 nitrogen and oxygen atoms in total. The van der Waals surface area contributed by atoms with Crippen LogP contribution in [0.2, 0.25) is 0 Å². The molecule has 0 spiro atoms. The third-order valence-electron chi connectivity index (χ3n) is 3.31. The molecule has 0 saturated heterocycles. The molecule has 0 radical (unpaired) electrons. The molecule has 20 heavy (non-hydrogen) atoms. The largest absolute Gasteiger partial charge is 0.327 e. The third-order valence-corrected chi connectivity index (χ3v) is 3.31. The number of nitrogens with zero attached hydrogens (tertiary/aromatic N) is 5. The Morgan fingerprint density at radius 1 is 1.25 bits per heavy atom. The Labute approximate surface area is 117 Å². The van der Waals surface area contributed by atoms with Crippen molar-refractivity contribution in [2.24, 2.45) is 7.05 Å². The third kappa shape index (κ3) is 2.55. The van der Waals surface area contributed by atoms with Gasteiger partial charge in [-0.25, -0.2) is 4.98 Å².